The molecule has 0 amide bonds. The Morgan fingerprint density at radius 3 is 2.72 bits per heavy atom. The van der Waals surface area contributed by atoms with E-state index in [4.69, 9.17) is 9.47 Å². The zero-order valence-corrected chi connectivity index (χ0v) is 10.6. The Morgan fingerprint density at radius 1 is 1.44 bits per heavy atom. The Balaban J connectivity index is 2.64. The van der Waals surface area contributed by atoms with Crippen molar-refractivity contribution < 1.29 is 14.3 Å². The number of aryl methyl sites for hydroxylation is 1. The highest BCUT2D eigenvalue weighted by Crippen LogP contribution is 2.03. The molecule has 7 heteroatoms. The number of nitrogens with one attached hydrogen (secondary N) is 1. The second-order valence-electron chi connectivity index (χ2n) is 3.79. The maximum Gasteiger partial charge on any atom is 0.330 e. The van der Waals surface area contributed by atoms with E-state index in [0.29, 0.717) is 5.56 Å². The minimum atomic E-state index is -0.552. The fourth-order valence-corrected chi connectivity index (χ4v) is 1.34. The monoisotopic (exact) mass is 256 g/mol. The summed E-state index contributed by atoms with van der Waals surface area (Å²) in [4.78, 5) is 35.4. The van der Waals surface area contributed by atoms with Gasteiger partial charge in [0.2, 0.25) is 0 Å². The molecule has 1 unspecified atom stereocenters. The summed E-state index contributed by atoms with van der Waals surface area (Å²) in [5.41, 5.74) is -0.529. The average Bonchev–Trinajstić information content (AvgIpc) is 2.28. The van der Waals surface area contributed by atoms with Crippen molar-refractivity contribution in [1.82, 2.24) is 9.55 Å². The molecule has 0 fully saturated rings. The van der Waals surface area contributed by atoms with E-state index < -0.39 is 17.5 Å². The van der Waals surface area contributed by atoms with E-state index in [-0.39, 0.29) is 19.2 Å². The third-order valence-corrected chi connectivity index (χ3v) is 2.29. The number of rotatable bonds is 5. The van der Waals surface area contributed by atoms with E-state index >= 15 is 0 Å². The van der Waals surface area contributed by atoms with Crippen LogP contribution in [-0.4, -0.2) is 28.7 Å². The highest BCUT2D eigenvalue weighted by Gasteiger charge is 2.08. The van der Waals surface area contributed by atoms with Crippen molar-refractivity contribution in [2.24, 2.45) is 0 Å². The maximum absolute atomic E-state index is 11.5. The largest absolute Gasteiger partial charge is 0.463 e. The Kier molecular flexibility index (Phi) is 4.85. The van der Waals surface area contributed by atoms with Gasteiger partial charge in [0.15, 0.2) is 0 Å². The van der Waals surface area contributed by atoms with Crippen LogP contribution in [0.15, 0.2) is 15.8 Å². The lowest BCUT2D eigenvalue weighted by Gasteiger charge is -2.15. The van der Waals surface area contributed by atoms with Crippen LogP contribution in [-0.2, 0) is 14.3 Å². The van der Waals surface area contributed by atoms with Crippen molar-refractivity contribution in [3.63, 3.8) is 0 Å². The smallest absolute Gasteiger partial charge is 0.330 e. The van der Waals surface area contributed by atoms with Gasteiger partial charge in [0.25, 0.3) is 5.56 Å². The highest BCUT2D eigenvalue weighted by atomic mass is 16.6. The maximum atomic E-state index is 11.5. The lowest BCUT2D eigenvalue weighted by Crippen LogP contribution is -2.33. The zero-order chi connectivity index (χ0) is 13.7. The summed E-state index contributed by atoms with van der Waals surface area (Å²) >= 11 is 0. The van der Waals surface area contributed by atoms with Crippen LogP contribution in [0, 0.1) is 6.92 Å². The summed E-state index contributed by atoms with van der Waals surface area (Å²) in [5.74, 6) is -0.386. The summed E-state index contributed by atoms with van der Waals surface area (Å²) < 4.78 is 11.3. The third kappa shape index (κ3) is 3.85. The normalized spacial score (nSPS) is 12.2. The number of aromatic nitrogens is 2. The first kappa shape index (κ1) is 14.2. The predicted molar refractivity (Wildman–Crippen MR) is 63.4 cm³/mol. The summed E-state index contributed by atoms with van der Waals surface area (Å²) in [5, 5.41) is 0. The van der Waals surface area contributed by atoms with Crippen molar-refractivity contribution >= 4 is 5.97 Å². The second-order valence-corrected chi connectivity index (χ2v) is 3.79. The minimum absolute atomic E-state index is 0.122. The molecule has 0 radical (unpaired) electrons. The molecule has 1 N–H and O–H groups in total. The van der Waals surface area contributed by atoms with Crippen LogP contribution in [0.3, 0.4) is 0 Å². The predicted octanol–water partition coefficient (Wildman–Crippen LogP) is -0.0568. The minimum Gasteiger partial charge on any atom is -0.463 e. The number of carbonyl (C=O) groups excluding carboxylic acids is 1. The van der Waals surface area contributed by atoms with Crippen LogP contribution >= 0.6 is 0 Å². The van der Waals surface area contributed by atoms with Crippen LogP contribution in [0.25, 0.3) is 0 Å². The summed E-state index contributed by atoms with van der Waals surface area (Å²) in [7, 11) is 0. The third-order valence-electron chi connectivity index (χ3n) is 2.29. The fourth-order valence-electron chi connectivity index (χ4n) is 1.34. The lowest BCUT2D eigenvalue weighted by atomic mass is 10.4. The fraction of sp³-hybridized carbons (Fsp3) is 0.545. The molecular formula is C11H16N2O5. The summed E-state index contributed by atoms with van der Waals surface area (Å²) in [6, 6.07) is 0. The van der Waals surface area contributed by atoms with Crippen LogP contribution in [0.4, 0.5) is 0 Å². The first-order chi connectivity index (χ1) is 8.41. The number of carbonyl (C=O) groups is 1. The number of ether oxygens (including phenoxy) is 2. The molecule has 1 atom stereocenters. The summed E-state index contributed by atoms with van der Waals surface area (Å²) in [6.45, 7) is 4.86. The van der Waals surface area contributed by atoms with Gasteiger partial charge in [0.05, 0.1) is 6.61 Å². The molecule has 0 aromatic carbocycles. The summed E-state index contributed by atoms with van der Waals surface area (Å²) in [6.07, 6.45) is 0.876. The van der Waals surface area contributed by atoms with Crippen LogP contribution in [0.1, 0.15) is 25.6 Å². The van der Waals surface area contributed by atoms with Crippen molar-refractivity contribution in [1.29, 1.82) is 0 Å². The lowest BCUT2D eigenvalue weighted by molar-refractivity contribution is -0.143. The van der Waals surface area contributed by atoms with Gasteiger partial charge in [-0.25, -0.2) is 4.79 Å². The van der Waals surface area contributed by atoms with Gasteiger partial charge >= 0.3 is 11.7 Å². The van der Waals surface area contributed by atoms with Gasteiger partial charge < -0.3 is 9.47 Å². The van der Waals surface area contributed by atoms with E-state index in [2.05, 4.69) is 4.98 Å². The molecule has 0 aliphatic rings. The van der Waals surface area contributed by atoms with E-state index in [1.54, 1.807) is 13.8 Å². The Labute approximate surface area is 103 Å². The molecule has 1 aromatic rings. The molecule has 0 saturated carbocycles. The van der Waals surface area contributed by atoms with Crippen LogP contribution in [0.2, 0.25) is 0 Å². The molecule has 1 rings (SSSR count). The Bertz CT molecular complexity index is 531. The quantitative estimate of drug-likeness (QED) is 0.589. The molecule has 1 heterocycles. The Morgan fingerprint density at radius 2 is 2.11 bits per heavy atom. The van der Waals surface area contributed by atoms with Gasteiger partial charge in [-0.2, -0.15) is 0 Å². The van der Waals surface area contributed by atoms with E-state index in [0.717, 1.165) is 0 Å². The van der Waals surface area contributed by atoms with Crippen LogP contribution in [0.5, 0.6) is 0 Å². The van der Waals surface area contributed by atoms with Gasteiger partial charge in [-0.05, 0) is 13.8 Å². The Hall–Kier alpha value is -1.89. The molecule has 7 nitrogen and oxygen atoms in total. The zero-order valence-electron chi connectivity index (χ0n) is 10.6. The van der Waals surface area contributed by atoms with Crippen molar-refractivity contribution in [2.75, 3.05) is 13.2 Å². The number of esters is 1. The molecular weight excluding hydrogens is 240 g/mol. The molecule has 0 bridgehead atoms. The van der Waals surface area contributed by atoms with Crippen molar-refractivity contribution in [2.45, 2.75) is 27.0 Å². The molecule has 1 aromatic heterocycles. The SMILES string of the molecule is CC(=O)OCCOC(C)n1cc(C)c(=O)[nH]c1=O. The highest BCUT2D eigenvalue weighted by molar-refractivity contribution is 5.65. The van der Waals surface area contributed by atoms with Gasteiger partial charge in [0, 0.05) is 18.7 Å². The number of hydrogen-bond acceptors (Lipinski definition) is 5. The molecule has 0 aliphatic heterocycles. The number of hydrogen-bond donors (Lipinski definition) is 1. The molecule has 0 spiro atoms. The van der Waals surface area contributed by atoms with Gasteiger partial charge in [0.1, 0.15) is 12.8 Å². The van der Waals surface area contributed by atoms with E-state index in [1.165, 1.54) is 17.7 Å². The van der Waals surface area contributed by atoms with Crippen LogP contribution < -0.4 is 11.2 Å². The van der Waals surface area contributed by atoms with Gasteiger partial charge in [-0.1, -0.05) is 0 Å². The van der Waals surface area contributed by atoms with Crippen molar-refractivity contribution in [3.8, 4) is 0 Å². The van der Waals surface area contributed by atoms with Crippen molar-refractivity contribution in [3.05, 3.63) is 32.6 Å². The molecule has 0 saturated heterocycles. The van der Waals surface area contributed by atoms with Gasteiger partial charge in [-0.15, -0.1) is 0 Å². The first-order valence-electron chi connectivity index (χ1n) is 5.49. The molecule has 18 heavy (non-hydrogen) atoms. The molecule has 0 aliphatic carbocycles. The second kappa shape index (κ2) is 6.15. The topological polar surface area (TPSA) is 90.4 Å². The average molecular weight is 256 g/mol. The number of nitrogens with zero attached hydrogens (tertiary/aromatic N) is 1. The molecule has 100 valence electrons. The van der Waals surface area contributed by atoms with E-state index in [9.17, 15) is 14.4 Å². The van der Waals surface area contributed by atoms with Gasteiger partial charge in [-0.3, -0.25) is 19.1 Å². The standard InChI is InChI=1S/C11H16N2O5/c1-7-6-13(11(16)12-10(7)15)8(2)17-4-5-18-9(3)14/h6,8H,4-5H2,1-3H3,(H,12,15,16). The number of aromatic amines is 1. The number of H-pyrrole nitrogens is 1. The first-order valence-corrected chi connectivity index (χ1v) is 5.49. The van der Waals surface area contributed by atoms with E-state index in [1.807, 2.05) is 0 Å².